The van der Waals surface area contributed by atoms with Gasteiger partial charge in [-0.1, -0.05) is 36.4 Å². The molecule has 0 fully saturated rings. The molecule has 0 radical (unpaired) electrons. The van der Waals surface area contributed by atoms with E-state index in [2.05, 4.69) is 0 Å². The Hall–Kier alpha value is -3.97. The van der Waals surface area contributed by atoms with Crippen LogP contribution >= 0.6 is 0 Å². The lowest BCUT2D eigenvalue weighted by Crippen LogP contribution is -2.32. The second kappa shape index (κ2) is 6.27. The molecule has 0 saturated heterocycles. The number of fused-ring (bicyclic) bond motifs is 7. The van der Waals surface area contributed by atoms with Crippen LogP contribution in [0.4, 0.5) is 0 Å². The fourth-order valence-electron chi connectivity index (χ4n) is 4.93. The molecule has 158 valence electrons. The first-order chi connectivity index (χ1) is 15.5. The third-order valence-electron chi connectivity index (χ3n) is 6.26. The molecule has 1 spiro atoms. The van der Waals surface area contributed by atoms with Gasteiger partial charge in [0.1, 0.15) is 17.1 Å². The van der Waals surface area contributed by atoms with Crippen LogP contribution < -0.4 is 9.47 Å². The average molecular weight is 428 g/mol. The minimum absolute atomic E-state index is 0.0746. The Balaban J connectivity index is 1.74. The van der Waals surface area contributed by atoms with Crippen LogP contribution in [-0.2, 0) is 21.9 Å². The lowest BCUT2D eigenvalue weighted by Gasteiger charge is -2.29. The molecule has 0 aromatic heterocycles. The highest BCUT2D eigenvalue weighted by atomic mass is 16.7. The van der Waals surface area contributed by atoms with Gasteiger partial charge in [0.15, 0.2) is 11.6 Å². The van der Waals surface area contributed by atoms with Gasteiger partial charge in [0.25, 0.3) is 5.79 Å². The number of carbonyl (C=O) groups is 3. The molecule has 1 atom stereocenters. The molecule has 0 unspecified atom stereocenters. The van der Waals surface area contributed by atoms with E-state index in [1.54, 1.807) is 30.3 Å². The summed E-state index contributed by atoms with van der Waals surface area (Å²) in [5, 5.41) is 0. The third kappa shape index (κ3) is 2.10. The Kier molecular flexibility index (Phi) is 3.68. The zero-order valence-electron chi connectivity index (χ0n) is 17.2. The lowest BCUT2D eigenvalue weighted by molar-refractivity contribution is -0.165. The van der Waals surface area contributed by atoms with Crippen LogP contribution in [0.5, 0.6) is 11.5 Å². The number of ketones is 2. The summed E-state index contributed by atoms with van der Waals surface area (Å²) < 4.78 is 23.0. The number of esters is 1. The van der Waals surface area contributed by atoms with Gasteiger partial charge in [-0.05, 0) is 17.7 Å². The molecule has 0 bridgehead atoms. The highest BCUT2D eigenvalue weighted by molar-refractivity contribution is 6.30. The SMILES string of the molecule is COc1cc2c(c3c1C(=O)O[C@@]31OCc3cccc(OC)c31)C(=O)c1ccccc1C2=O. The molecule has 3 aromatic rings. The summed E-state index contributed by atoms with van der Waals surface area (Å²) in [5.41, 5.74) is 2.34. The Bertz CT molecular complexity index is 1390. The van der Waals surface area contributed by atoms with Gasteiger partial charge in [0, 0.05) is 22.3 Å². The van der Waals surface area contributed by atoms with Crippen LogP contribution in [0.1, 0.15) is 58.9 Å². The molecule has 1 aliphatic carbocycles. The van der Waals surface area contributed by atoms with E-state index in [9.17, 15) is 14.4 Å². The molecule has 0 saturated carbocycles. The molecule has 7 nitrogen and oxygen atoms in total. The summed E-state index contributed by atoms with van der Waals surface area (Å²) in [6.45, 7) is 0.143. The smallest absolute Gasteiger partial charge is 0.345 e. The molecule has 2 heterocycles. The molecule has 2 aliphatic heterocycles. The van der Waals surface area contributed by atoms with Crippen molar-refractivity contribution in [3.05, 3.63) is 93.0 Å². The molecule has 3 aliphatic rings. The van der Waals surface area contributed by atoms with Crippen LogP contribution in [-0.4, -0.2) is 31.8 Å². The molecular weight excluding hydrogens is 412 g/mol. The molecule has 7 heteroatoms. The van der Waals surface area contributed by atoms with Crippen molar-refractivity contribution in [2.24, 2.45) is 0 Å². The first-order valence-corrected chi connectivity index (χ1v) is 9.99. The molecule has 32 heavy (non-hydrogen) atoms. The predicted octanol–water partition coefficient (Wildman–Crippen LogP) is 3.38. The van der Waals surface area contributed by atoms with E-state index in [-0.39, 0.29) is 51.7 Å². The van der Waals surface area contributed by atoms with Gasteiger partial charge in [0.2, 0.25) is 0 Å². The van der Waals surface area contributed by atoms with Crippen molar-refractivity contribution >= 4 is 17.5 Å². The number of rotatable bonds is 2. The summed E-state index contributed by atoms with van der Waals surface area (Å²) in [4.78, 5) is 40.2. The van der Waals surface area contributed by atoms with E-state index in [1.165, 1.54) is 20.3 Å². The van der Waals surface area contributed by atoms with E-state index in [0.717, 1.165) is 5.56 Å². The maximum Gasteiger partial charge on any atom is 0.345 e. The van der Waals surface area contributed by atoms with Crippen molar-refractivity contribution in [1.82, 2.24) is 0 Å². The standard InChI is InChI=1S/C25H16O7/c1-29-16-9-5-6-12-11-31-25(20(12)16)21-18-15(10-17(30-2)19(21)24(28)32-25)22(26)13-7-3-4-8-14(13)23(18)27/h3-10H,11H2,1-2H3/t25-/m1/s1. The second-order valence-corrected chi connectivity index (χ2v) is 7.74. The van der Waals surface area contributed by atoms with E-state index in [4.69, 9.17) is 18.9 Å². The van der Waals surface area contributed by atoms with Gasteiger partial charge in [0.05, 0.1) is 32.0 Å². The van der Waals surface area contributed by atoms with E-state index < -0.39 is 11.8 Å². The van der Waals surface area contributed by atoms with Gasteiger partial charge >= 0.3 is 5.97 Å². The van der Waals surface area contributed by atoms with Gasteiger partial charge in [-0.2, -0.15) is 0 Å². The summed E-state index contributed by atoms with van der Waals surface area (Å²) in [6, 6.07) is 13.4. The topological polar surface area (TPSA) is 88.1 Å². The first-order valence-electron chi connectivity index (χ1n) is 9.99. The van der Waals surface area contributed by atoms with Crippen LogP contribution in [0, 0.1) is 0 Å². The summed E-state index contributed by atoms with van der Waals surface area (Å²) in [6.07, 6.45) is 0. The van der Waals surface area contributed by atoms with E-state index in [0.29, 0.717) is 16.9 Å². The van der Waals surface area contributed by atoms with E-state index in [1.807, 2.05) is 12.1 Å². The highest BCUT2D eigenvalue weighted by Gasteiger charge is 2.58. The van der Waals surface area contributed by atoms with E-state index >= 15 is 0 Å². The third-order valence-corrected chi connectivity index (χ3v) is 6.26. The first kappa shape index (κ1) is 18.8. The molecule has 3 aromatic carbocycles. The Labute approximate surface area is 182 Å². The number of carbonyl (C=O) groups excluding carboxylic acids is 3. The monoisotopic (exact) mass is 428 g/mol. The van der Waals surface area contributed by atoms with Crippen molar-refractivity contribution in [3.63, 3.8) is 0 Å². The van der Waals surface area contributed by atoms with Crippen molar-refractivity contribution < 1.29 is 33.3 Å². The van der Waals surface area contributed by atoms with Crippen LogP contribution in [0.25, 0.3) is 0 Å². The number of ether oxygens (including phenoxy) is 4. The zero-order valence-corrected chi connectivity index (χ0v) is 17.2. The number of methoxy groups -OCH3 is 2. The largest absolute Gasteiger partial charge is 0.496 e. The second-order valence-electron chi connectivity index (χ2n) is 7.74. The minimum atomic E-state index is -1.71. The van der Waals surface area contributed by atoms with Crippen LogP contribution in [0.15, 0.2) is 48.5 Å². The number of benzene rings is 3. The highest BCUT2D eigenvalue weighted by Crippen LogP contribution is 2.55. The van der Waals surface area contributed by atoms with Gasteiger partial charge < -0.3 is 18.9 Å². The maximum absolute atomic E-state index is 13.7. The molecule has 0 amide bonds. The summed E-state index contributed by atoms with van der Waals surface area (Å²) in [5.74, 6) is -2.52. The average Bonchev–Trinajstić information content (AvgIpc) is 3.34. The molecule has 0 N–H and O–H groups in total. The number of hydrogen-bond acceptors (Lipinski definition) is 7. The normalized spacial score (nSPS) is 19.9. The van der Waals surface area contributed by atoms with Crippen molar-refractivity contribution in [2.75, 3.05) is 14.2 Å². The van der Waals surface area contributed by atoms with Crippen LogP contribution in [0.3, 0.4) is 0 Å². The van der Waals surface area contributed by atoms with Crippen molar-refractivity contribution in [2.45, 2.75) is 12.4 Å². The van der Waals surface area contributed by atoms with Crippen molar-refractivity contribution in [1.29, 1.82) is 0 Å². The minimum Gasteiger partial charge on any atom is -0.496 e. The summed E-state index contributed by atoms with van der Waals surface area (Å²) in [7, 11) is 2.90. The van der Waals surface area contributed by atoms with Crippen molar-refractivity contribution in [3.8, 4) is 11.5 Å². The Morgan fingerprint density at radius 2 is 1.50 bits per heavy atom. The zero-order chi connectivity index (χ0) is 22.2. The lowest BCUT2D eigenvalue weighted by atomic mass is 9.77. The quantitative estimate of drug-likeness (QED) is 0.452. The van der Waals surface area contributed by atoms with Gasteiger partial charge in [-0.25, -0.2) is 4.79 Å². The fourth-order valence-corrected chi connectivity index (χ4v) is 4.93. The fraction of sp³-hybridized carbons (Fsp3) is 0.160. The Morgan fingerprint density at radius 1 is 0.781 bits per heavy atom. The summed E-state index contributed by atoms with van der Waals surface area (Å²) >= 11 is 0. The predicted molar refractivity (Wildman–Crippen MR) is 110 cm³/mol. The number of hydrogen-bond donors (Lipinski definition) is 0. The van der Waals surface area contributed by atoms with Gasteiger partial charge in [-0.3, -0.25) is 9.59 Å². The Morgan fingerprint density at radius 3 is 2.22 bits per heavy atom. The van der Waals surface area contributed by atoms with Crippen LogP contribution in [0.2, 0.25) is 0 Å². The molecular formula is C25H16O7. The maximum atomic E-state index is 13.7. The molecule has 6 rings (SSSR count). The van der Waals surface area contributed by atoms with Gasteiger partial charge in [-0.15, -0.1) is 0 Å².